The molecule has 0 saturated carbocycles. The summed E-state index contributed by atoms with van der Waals surface area (Å²) in [6.07, 6.45) is 5.01. The third-order valence-corrected chi connectivity index (χ3v) is 3.64. The fourth-order valence-electron chi connectivity index (χ4n) is 2.02. The first kappa shape index (κ1) is 14.9. The van der Waals surface area contributed by atoms with Crippen LogP contribution in [0.4, 0.5) is 0 Å². The molecular weight excluding hydrogens is 268 g/mol. The highest BCUT2D eigenvalue weighted by molar-refractivity contribution is 7.71. The molecule has 0 bridgehead atoms. The number of aryl methyl sites for hydroxylation is 1. The average molecular weight is 290 g/mol. The van der Waals surface area contributed by atoms with Crippen molar-refractivity contribution in [1.29, 1.82) is 0 Å². The van der Waals surface area contributed by atoms with Crippen molar-refractivity contribution < 1.29 is 0 Å². The van der Waals surface area contributed by atoms with E-state index >= 15 is 0 Å². The van der Waals surface area contributed by atoms with Gasteiger partial charge in [0.15, 0.2) is 0 Å². The molecule has 2 aromatic heterocycles. The van der Waals surface area contributed by atoms with Crippen LogP contribution in [0.2, 0.25) is 0 Å². The predicted octanol–water partition coefficient (Wildman–Crippen LogP) is 4.02. The highest BCUT2D eigenvalue weighted by Gasteiger charge is 2.19. The van der Waals surface area contributed by atoms with Gasteiger partial charge in [0.2, 0.25) is 0 Å². The van der Waals surface area contributed by atoms with E-state index < -0.39 is 0 Å². The monoisotopic (exact) mass is 290 g/mol. The van der Waals surface area contributed by atoms with E-state index in [1.807, 2.05) is 17.8 Å². The summed E-state index contributed by atoms with van der Waals surface area (Å²) >= 11 is 5.40. The Bertz CT molecular complexity index is 661. The Balaban J connectivity index is 2.54. The predicted molar refractivity (Wildman–Crippen MR) is 84.4 cm³/mol. The van der Waals surface area contributed by atoms with Gasteiger partial charge in [-0.15, -0.1) is 0 Å². The average Bonchev–Trinajstić information content (AvgIpc) is 2.80. The summed E-state index contributed by atoms with van der Waals surface area (Å²) in [5, 5.41) is 4.39. The van der Waals surface area contributed by atoms with Crippen molar-refractivity contribution in [3.63, 3.8) is 0 Å². The normalized spacial score (nSPS) is 11.8. The smallest absolute Gasteiger partial charge is 0.133 e. The van der Waals surface area contributed by atoms with Crippen molar-refractivity contribution in [3.8, 4) is 11.3 Å². The fourth-order valence-corrected chi connectivity index (χ4v) is 2.21. The van der Waals surface area contributed by atoms with Crippen LogP contribution in [-0.4, -0.2) is 19.7 Å². The lowest BCUT2D eigenvalue weighted by molar-refractivity contribution is 0.544. The van der Waals surface area contributed by atoms with Crippen molar-refractivity contribution in [2.45, 2.75) is 53.0 Å². The topological polar surface area (TPSA) is 46.5 Å². The summed E-state index contributed by atoms with van der Waals surface area (Å²) in [6, 6.07) is 0. The summed E-state index contributed by atoms with van der Waals surface area (Å²) in [5.41, 5.74) is 3.03. The van der Waals surface area contributed by atoms with Crippen LogP contribution in [-0.2, 0) is 12.0 Å². The van der Waals surface area contributed by atoms with E-state index in [2.05, 4.69) is 49.0 Å². The first-order chi connectivity index (χ1) is 9.32. The van der Waals surface area contributed by atoms with Crippen LogP contribution < -0.4 is 0 Å². The first-order valence-corrected chi connectivity index (χ1v) is 7.38. The molecule has 0 aliphatic carbocycles. The van der Waals surface area contributed by atoms with E-state index in [0.29, 0.717) is 4.64 Å². The van der Waals surface area contributed by atoms with E-state index in [0.717, 1.165) is 35.6 Å². The molecule has 2 rings (SSSR count). The summed E-state index contributed by atoms with van der Waals surface area (Å²) in [5.74, 6) is 0.909. The molecule has 1 N–H and O–H groups in total. The van der Waals surface area contributed by atoms with E-state index in [-0.39, 0.29) is 5.41 Å². The number of aromatic nitrogens is 4. The molecule has 0 amide bonds. The quantitative estimate of drug-likeness (QED) is 0.868. The van der Waals surface area contributed by atoms with Crippen molar-refractivity contribution in [2.75, 3.05) is 0 Å². The maximum atomic E-state index is 5.40. The van der Waals surface area contributed by atoms with Crippen LogP contribution in [0.3, 0.4) is 0 Å². The lowest BCUT2D eigenvalue weighted by atomic mass is 9.95. The second-order valence-corrected chi connectivity index (χ2v) is 6.52. The van der Waals surface area contributed by atoms with Gasteiger partial charge in [0.05, 0.1) is 11.9 Å². The molecule has 0 saturated heterocycles. The summed E-state index contributed by atoms with van der Waals surface area (Å²) in [4.78, 5) is 7.94. The maximum absolute atomic E-state index is 5.40. The highest BCUT2D eigenvalue weighted by Crippen LogP contribution is 2.25. The summed E-state index contributed by atoms with van der Waals surface area (Å²) in [7, 11) is 0. The SMILES string of the molecule is CCCn1cc(-c2[nH]c(C(C)(C)C)nc(=S)c2C)cn1. The van der Waals surface area contributed by atoms with E-state index in [9.17, 15) is 0 Å². The number of rotatable bonds is 3. The summed E-state index contributed by atoms with van der Waals surface area (Å²) < 4.78 is 2.62. The standard InChI is InChI=1S/C15H22N4S/c1-6-7-19-9-11(8-16-19)12-10(2)13(20)18-14(17-12)15(3,4)5/h8-9H,6-7H2,1-5H3,(H,17,18,20). The van der Waals surface area contributed by atoms with Crippen molar-refractivity contribution in [3.05, 3.63) is 28.4 Å². The fraction of sp³-hybridized carbons (Fsp3) is 0.533. The van der Waals surface area contributed by atoms with Crippen molar-refractivity contribution in [1.82, 2.24) is 19.7 Å². The third-order valence-electron chi connectivity index (χ3n) is 3.24. The Morgan fingerprint density at radius 3 is 2.65 bits per heavy atom. The Kier molecular flexibility index (Phi) is 4.09. The number of H-pyrrole nitrogens is 1. The second-order valence-electron chi connectivity index (χ2n) is 6.13. The van der Waals surface area contributed by atoms with Gasteiger partial charge < -0.3 is 4.98 Å². The molecule has 108 valence electrons. The van der Waals surface area contributed by atoms with Crippen molar-refractivity contribution in [2.24, 2.45) is 0 Å². The number of hydrogen-bond acceptors (Lipinski definition) is 3. The highest BCUT2D eigenvalue weighted by atomic mass is 32.1. The van der Waals surface area contributed by atoms with Gasteiger partial charge >= 0.3 is 0 Å². The molecule has 0 aliphatic heterocycles. The molecule has 0 atom stereocenters. The molecular formula is C15H22N4S. The number of nitrogens with one attached hydrogen (secondary N) is 1. The Labute approximate surface area is 125 Å². The Hall–Kier alpha value is -1.49. The molecule has 0 unspecified atom stereocenters. The van der Waals surface area contributed by atoms with Gasteiger partial charge in [0, 0.05) is 29.3 Å². The third kappa shape index (κ3) is 2.98. The van der Waals surface area contributed by atoms with Gasteiger partial charge in [0.1, 0.15) is 10.5 Å². The number of nitrogens with zero attached hydrogens (tertiary/aromatic N) is 3. The maximum Gasteiger partial charge on any atom is 0.133 e. The molecule has 0 spiro atoms. The van der Waals surface area contributed by atoms with Gasteiger partial charge in [-0.3, -0.25) is 4.68 Å². The number of aromatic amines is 1. The Morgan fingerprint density at radius 2 is 2.05 bits per heavy atom. The largest absolute Gasteiger partial charge is 0.342 e. The van der Waals surface area contributed by atoms with Crippen LogP contribution in [0, 0.1) is 11.6 Å². The molecule has 4 nitrogen and oxygen atoms in total. The zero-order valence-electron chi connectivity index (χ0n) is 12.8. The summed E-state index contributed by atoms with van der Waals surface area (Å²) in [6.45, 7) is 11.5. The molecule has 0 aliphatic rings. The lowest BCUT2D eigenvalue weighted by Crippen LogP contribution is -2.17. The van der Waals surface area contributed by atoms with Crippen LogP contribution in [0.25, 0.3) is 11.3 Å². The second kappa shape index (κ2) is 5.48. The van der Waals surface area contributed by atoms with Gasteiger partial charge in [-0.1, -0.05) is 39.9 Å². The minimum Gasteiger partial charge on any atom is -0.342 e. The van der Waals surface area contributed by atoms with Crippen LogP contribution in [0.15, 0.2) is 12.4 Å². The van der Waals surface area contributed by atoms with Crippen LogP contribution >= 0.6 is 12.2 Å². The molecule has 0 aromatic carbocycles. The zero-order chi connectivity index (χ0) is 14.9. The molecule has 20 heavy (non-hydrogen) atoms. The molecule has 5 heteroatoms. The molecule has 2 heterocycles. The van der Waals surface area contributed by atoms with Gasteiger partial charge in [-0.2, -0.15) is 5.10 Å². The molecule has 0 fully saturated rings. The van der Waals surface area contributed by atoms with Gasteiger partial charge in [0.25, 0.3) is 0 Å². The van der Waals surface area contributed by atoms with E-state index in [1.54, 1.807) is 0 Å². The van der Waals surface area contributed by atoms with Crippen LogP contribution in [0.1, 0.15) is 45.5 Å². The molecule has 0 radical (unpaired) electrons. The Morgan fingerprint density at radius 1 is 1.35 bits per heavy atom. The van der Waals surface area contributed by atoms with Crippen LogP contribution in [0.5, 0.6) is 0 Å². The van der Waals surface area contributed by atoms with E-state index in [4.69, 9.17) is 12.2 Å². The molecule has 2 aromatic rings. The lowest BCUT2D eigenvalue weighted by Gasteiger charge is -2.19. The van der Waals surface area contributed by atoms with Gasteiger partial charge in [-0.25, -0.2) is 4.98 Å². The minimum absolute atomic E-state index is 0.0601. The minimum atomic E-state index is -0.0601. The first-order valence-electron chi connectivity index (χ1n) is 6.97. The number of hydrogen-bond donors (Lipinski definition) is 1. The van der Waals surface area contributed by atoms with Gasteiger partial charge in [-0.05, 0) is 13.3 Å². The zero-order valence-corrected chi connectivity index (χ0v) is 13.6. The van der Waals surface area contributed by atoms with Crippen molar-refractivity contribution >= 4 is 12.2 Å². The van der Waals surface area contributed by atoms with E-state index in [1.165, 1.54) is 0 Å².